The zero-order valence-electron chi connectivity index (χ0n) is 11.9. The molecule has 0 saturated heterocycles. The zero-order chi connectivity index (χ0) is 14.5. The molecule has 0 heterocycles. The van der Waals surface area contributed by atoms with E-state index in [0.717, 1.165) is 23.3 Å². The molecule has 1 saturated carbocycles. The van der Waals surface area contributed by atoms with Crippen LogP contribution in [-0.4, -0.2) is 24.1 Å². The predicted molar refractivity (Wildman–Crippen MR) is 80.0 cm³/mol. The zero-order valence-corrected chi connectivity index (χ0v) is 12.7. The molecular weight excluding hydrogens is 272 g/mol. The smallest absolute Gasteiger partial charge is 0.316 e. The molecule has 0 radical (unpaired) electrons. The summed E-state index contributed by atoms with van der Waals surface area (Å²) in [5.41, 5.74) is 0.777. The number of Topliss-reactive ketones (excluding diaryl/α,β-unsaturated/α-hetero) is 1. The topological polar surface area (TPSA) is 43.4 Å². The summed E-state index contributed by atoms with van der Waals surface area (Å²) in [5.74, 6) is 0.971. The fraction of sp³-hybridized carbons (Fsp3) is 0.500. The lowest BCUT2D eigenvalue weighted by Gasteiger charge is -2.07. The second-order valence-corrected chi connectivity index (χ2v) is 6.58. The van der Waals surface area contributed by atoms with Crippen LogP contribution in [0.15, 0.2) is 29.2 Å². The molecule has 1 aliphatic rings. The van der Waals surface area contributed by atoms with Gasteiger partial charge in [-0.3, -0.25) is 9.59 Å². The van der Waals surface area contributed by atoms with E-state index in [9.17, 15) is 9.59 Å². The van der Waals surface area contributed by atoms with Crippen LogP contribution in [0.4, 0.5) is 0 Å². The number of rotatable bonds is 7. The fourth-order valence-corrected chi connectivity index (χ4v) is 2.44. The van der Waals surface area contributed by atoms with Crippen molar-refractivity contribution in [3.8, 4) is 0 Å². The first-order valence-electron chi connectivity index (χ1n) is 6.99. The number of benzene rings is 1. The Morgan fingerprint density at radius 2 is 1.90 bits per heavy atom. The SMILES string of the molecule is CC(C)COC(=O)CSc1ccc(C(=O)C2CC2)cc1. The largest absolute Gasteiger partial charge is 0.465 e. The molecule has 0 bridgehead atoms. The first-order valence-corrected chi connectivity index (χ1v) is 7.97. The number of carbonyl (C=O) groups is 2. The Hall–Kier alpha value is -1.29. The molecule has 108 valence electrons. The Balaban J connectivity index is 1.78. The second kappa shape index (κ2) is 6.93. The lowest BCUT2D eigenvalue weighted by Crippen LogP contribution is -2.11. The van der Waals surface area contributed by atoms with Crippen LogP contribution >= 0.6 is 11.8 Å². The van der Waals surface area contributed by atoms with Crippen LogP contribution < -0.4 is 0 Å². The number of ketones is 1. The molecule has 0 unspecified atom stereocenters. The van der Waals surface area contributed by atoms with E-state index in [1.54, 1.807) is 0 Å². The molecule has 0 amide bonds. The average Bonchev–Trinajstić information content (AvgIpc) is 3.27. The predicted octanol–water partition coefficient (Wildman–Crippen LogP) is 3.57. The molecule has 20 heavy (non-hydrogen) atoms. The second-order valence-electron chi connectivity index (χ2n) is 5.53. The quantitative estimate of drug-likeness (QED) is 0.438. The van der Waals surface area contributed by atoms with E-state index in [2.05, 4.69) is 0 Å². The maximum Gasteiger partial charge on any atom is 0.316 e. The number of thioether (sulfide) groups is 1. The first-order chi connectivity index (χ1) is 9.56. The van der Waals surface area contributed by atoms with Crippen LogP contribution in [0.5, 0.6) is 0 Å². The van der Waals surface area contributed by atoms with Gasteiger partial charge in [-0.2, -0.15) is 0 Å². The summed E-state index contributed by atoms with van der Waals surface area (Å²) < 4.78 is 5.11. The van der Waals surface area contributed by atoms with E-state index in [1.165, 1.54) is 11.8 Å². The summed E-state index contributed by atoms with van der Waals surface area (Å²) in [4.78, 5) is 24.3. The third-order valence-corrected chi connectivity index (χ3v) is 4.01. The molecule has 0 aliphatic heterocycles. The Kier molecular flexibility index (Phi) is 5.24. The lowest BCUT2D eigenvalue weighted by atomic mass is 10.1. The number of carbonyl (C=O) groups excluding carboxylic acids is 2. The summed E-state index contributed by atoms with van der Waals surface area (Å²) in [5, 5.41) is 0. The van der Waals surface area contributed by atoms with E-state index < -0.39 is 0 Å². The molecule has 1 aromatic carbocycles. The van der Waals surface area contributed by atoms with Crippen molar-refractivity contribution in [2.45, 2.75) is 31.6 Å². The molecule has 1 aliphatic carbocycles. The normalized spacial score (nSPS) is 14.3. The molecule has 0 atom stereocenters. The molecule has 1 aromatic rings. The summed E-state index contributed by atoms with van der Waals surface area (Å²) in [6.07, 6.45) is 2.05. The van der Waals surface area contributed by atoms with Gasteiger partial charge in [0.05, 0.1) is 12.4 Å². The van der Waals surface area contributed by atoms with Crippen molar-refractivity contribution in [1.29, 1.82) is 0 Å². The number of hydrogen-bond acceptors (Lipinski definition) is 4. The summed E-state index contributed by atoms with van der Waals surface area (Å²) in [7, 11) is 0. The van der Waals surface area contributed by atoms with Gasteiger partial charge in [0.1, 0.15) is 0 Å². The average molecular weight is 292 g/mol. The minimum absolute atomic E-state index is 0.193. The van der Waals surface area contributed by atoms with Crippen LogP contribution in [-0.2, 0) is 9.53 Å². The molecule has 0 aromatic heterocycles. The van der Waals surface area contributed by atoms with E-state index in [-0.39, 0.29) is 17.7 Å². The number of ether oxygens (including phenoxy) is 1. The van der Waals surface area contributed by atoms with Gasteiger partial charge in [-0.05, 0) is 30.9 Å². The highest BCUT2D eigenvalue weighted by atomic mass is 32.2. The highest BCUT2D eigenvalue weighted by Gasteiger charge is 2.30. The number of hydrogen-bond donors (Lipinski definition) is 0. The molecule has 4 heteroatoms. The molecule has 0 spiro atoms. The van der Waals surface area contributed by atoms with Gasteiger partial charge < -0.3 is 4.74 Å². The van der Waals surface area contributed by atoms with Gasteiger partial charge in [0, 0.05) is 16.4 Å². The van der Waals surface area contributed by atoms with Crippen molar-refractivity contribution < 1.29 is 14.3 Å². The van der Waals surface area contributed by atoms with Crippen molar-refractivity contribution in [3.63, 3.8) is 0 Å². The van der Waals surface area contributed by atoms with Gasteiger partial charge in [-0.25, -0.2) is 0 Å². The van der Waals surface area contributed by atoms with Crippen LogP contribution in [0.2, 0.25) is 0 Å². The van der Waals surface area contributed by atoms with Crippen molar-refractivity contribution in [2.75, 3.05) is 12.4 Å². The molecule has 3 nitrogen and oxygen atoms in total. The summed E-state index contributed by atoms with van der Waals surface area (Å²) >= 11 is 1.44. The van der Waals surface area contributed by atoms with Gasteiger partial charge in [0.15, 0.2) is 5.78 Å². The van der Waals surface area contributed by atoms with Crippen molar-refractivity contribution in [2.24, 2.45) is 11.8 Å². The Labute approximate surface area is 124 Å². The van der Waals surface area contributed by atoms with Crippen LogP contribution in [0.3, 0.4) is 0 Å². The molecule has 0 N–H and O–H groups in total. The minimum Gasteiger partial charge on any atom is -0.465 e. The highest BCUT2D eigenvalue weighted by molar-refractivity contribution is 8.00. The van der Waals surface area contributed by atoms with Crippen LogP contribution in [0.25, 0.3) is 0 Å². The van der Waals surface area contributed by atoms with Crippen LogP contribution in [0, 0.1) is 11.8 Å². The van der Waals surface area contributed by atoms with Gasteiger partial charge in [-0.15, -0.1) is 11.8 Å². The summed E-state index contributed by atoms with van der Waals surface area (Å²) in [6.45, 7) is 4.49. The Morgan fingerprint density at radius 1 is 1.25 bits per heavy atom. The highest BCUT2D eigenvalue weighted by Crippen LogP contribution is 2.33. The maximum atomic E-state index is 11.9. The van der Waals surface area contributed by atoms with E-state index >= 15 is 0 Å². The van der Waals surface area contributed by atoms with Crippen LogP contribution in [0.1, 0.15) is 37.0 Å². The van der Waals surface area contributed by atoms with Gasteiger partial charge >= 0.3 is 5.97 Å². The van der Waals surface area contributed by atoms with E-state index in [0.29, 0.717) is 18.3 Å². The van der Waals surface area contributed by atoms with Gasteiger partial charge in [-0.1, -0.05) is 26.0 Å². The Morgan fingerprint density at radius 3 is 2.45 bits per heavy atom. The van der Waals surface area contributed by atoms with E-state index in [4.69, 9.17) is 4.74 Å². The molecular formula is C16H20O3S. The van der Waals surface area contributed by atoms with Crippen molar-refractivity contribution in [3.05, 3.63) is 29.8 Å². The third-order valence-electron chi connectivity index (χ3n) is 3.02. The van der Waals surface area contributed by atoms with E-state index in [1.807, 2.05) is 38.1 Å². The number of esters is 1. The van der Waals surface area contributed by atoms with Gasteiger partial charge in [0.25, 0.3) is 0 Å². The lowest BCUT2D eigenvalue weighted by molar-refractivity contribution is -0.141. The molecule has 2 rings (SSSR count). The first kappa shape index (κ1) is 15.1. The minimum atomic E-state index is -0.193. The third kappa shape index (κ3) is 4.67. The standard InChI is InChI=1S/C16H20O3S/c1-11(2)9-19-15(17)10-20-14-7-5-13(6-8-14)16(18)12-3-4-12/h5-8,11-12H,3-4,9-10H2,1-2H3. The summed E-state index contributed by atoms with van der Waals surface area (Å²) in [6, 6.07) is 7.50. The van der Waals surface area contributed by atoms with Crippen molar-refractivity contribution in [1.82, 2.24) is 0 Å². The monoisotopic (exact) mass is 292 g/mol. The maximum absolute atomic E-state index is 11.9. The fourth-order valence-electron chi connectivity index (χ4n) is 1.74. The van der Waals surface area contributed by atoms with Gasteiger partial charge in [0.2, 0.25) is 0 Å². The molecule has 1 fully saturated rings. The Bertz CT molecular complexity index is 475. The van der Waals surface area contributed by atoms with Crippen molar-refractivity contribution >= 4 is 23.5 Å².